The number of aromatic nitrogens is 3. The largest absolute Gasteiger partial charge is 0.453 e. The zero-order valence-corrected chi connectivity index (χ0v) is 14.6. The van der Waals surface area contributed by atoms with E-state index < -0.39 is 21.8 Å². The van der Waals surface area contributed by atoms with E-state index in [4.69, 9.17) is 5.26 Å². The van der Waals surface area contributed by atoms with Crippen molar-refractivity contribution in [1.29, 1.82) is 5.26 Å². The van der Waals surface area contributed by atoms with Crippen LogP contribution in [-0.4, -0.2) is 29.4 Å². The van der Waals surface area contributed by atoms with Crippen molar-refractivity contribution in [1.82, 2.24) is 14.8 Å². The predicted molar refractivity (Wildman–Crippen MR) is 89.6 cm³/mol. The van der Waals surface area contributed by atoms with E-state index in [0.717, 1.165) is 10.9 Å². The van der Waals surface area contributed by atoms with Crippen LogP contribution in [-0.2, 0) is 16.0 Å². The molecule has 138 valence electrons. The standard InChI is InChI=1S/C17H11F3N4O2S/c1-27(25,26)14-8-6-13(7-9-14)24-15(22-16(23-24)17(18,19)20)12-4-2-11(10-21)3-5-12/h2-9H,1H3. The molecule has 0 bridgehead atoms. The number of nitriles is 1. The summed E-state index contributed by atoms with van der Waals surface area (Å²) in [5, 5.41) is 12.4. The topological polar surface area (TPSA) is 88.6 Å². The Morgan fingerprint density at radius 3 is 2.11 bits per heavy atom. The number of hydrogen-bond donors (Lipinski definition) is 0. The van der Waals surface area contributed by atoms with Crippen molar-refractivity contribution < 1.29 is 21.6 Å². The molecule has 0 saturated carbocycles. The van der Waals surface area contributed by atoms with Crippen LogP contribution in [0.2, 0.25) is 0 Å². The fourth-order valence-electron chi connectivity index (χ4n) is 2.33. The average molecular weight is 392 g/mol. The van der Waals surface area contributed by atoms with Crippen LogP contribution in [0.25, 0.3) is 17.1 Å². The van der Waals surface area contributed by atoms with Gasteiger partial charge in [-0.25, -0.2) is 18.1 Å². The lowest BCUT2D eigenvalue weighted by Gasteiger charge is -2.07. The Kier molecular flexibility index (Phi) is 4.49. The SMILES string of the molecule is CS(=O)(=O)c1ccc(-n2nc(C(F)(F)F)nc2-c2ccc(C#N)cc2)cc1. The number of rotatable bonds is 3. The third-order valence-corrected chi connectivity index (χ3v) is 4.77. The molecule has 0 radical (unpaired) electrons. The summed E-state index contributed by atoms with van der Waals surface area (Å²) in [5.41, 5.74) is 0.882. The Hall–Kier alpha value is -3.19. The molecule has 1 heterocycles. The Labute approximate surface area is 152 Å². The van der Waals surface area contributed by atoms with E-state index in [-0.39, 0.29) is 16.4 Å². The Balaban J connectivity index is 2.16. The van der Waals surface area contributed by atoms with Gasteiger partial charge in [0.15, 0.2) is 15.7 Å². The van der Waals surface area contributed by atoms with Crippen molar-refractivity contribution in [3.05, 3.63) is 59.9 Å². The predicted octanol–water partition coefficient (Wildman–Crippen LogP) is 3.23. The lowest BCUT2D eigenvalue weighted by molar-refractivity contribution is -0.144. The van der Waals surface area contributed by atoms with E-state index in [0.29, 0.717) is 11.1 Å². The molecule has 2 aromatic carbocycles. The highest BCUT2D eigenvalue weighted by Crippen LogP contribution is 2.30. The van der Waals surface area contributed by atoms with Gasteiger partial charge in [-0.3, -0.25) is 0 Å². The molecule has 0 amide bonds. The lowest BCUT2D eigenvalue weighted by Crippen LogP contribution is -2.08. The molecule has 0 spiro atoms. The minimum absolute atomic E-state index is 0.0299. The maximum Gasteiger partial charge on any atom is 0.453 e. The zero-order valence-electron chi connectivity index (χ0n) is 13.8. The Morgan fingerprint density at radius 1 is 1.04 bits per heavy atom. The second-order valence-electron chi connectivity index (χ2n) is 5.62. The zero-order chi connectivity index (χ0) is 19.8. The van der Waals surface area contributed by atoms with Crippen LogP contribution in [0, 0.1) is 11.3 Å². The van der Waals surface area contributed by atoms with Gasteiger partial charge in [0.05, 0.1) is 22.2 Å². The number of halogens is 3. The van der Waals surface area contributed by atoms with E-state index in [1.807, 2.05) is 6.07 Å². The second-order valence-corrected chi connectivity index (χ2v) is 7.64. The number of nitrogens with zero attached hydrogens (tertiary/aromatic N) is 4. The van der Waals surface area contributed by atoms with Crippen LogP contribution in [0.5, 0.6) is 0 Å². The van der Waals surface area contributed by atoms with Gasteiger partial charge in [-0.15, -0.1) is 5.10 Å². The minimum Gasteiger partial charge on any atom is -0.224 e. The molecule has 1 aromatic heterocycles. The molecule has 6 nitrogen and oxygen atoms in total. The number of alkyl halides is 3. The molecular formula is C17H11F3N4O2S. The van der Waals surface area contributed by atoms with Crippen molar-refractivity contribution in [3.63, 3.8) is 0 Å². The van der Waals surface area contributed by atoms with Crippen molar-refractivity contribution in [2.75, 3.05) is 6.26 Å². The van der Waals surface area contributed by atoms with Crippen LogP contribution in [0.4, 0.5) is 13.2 Å². The van der Waals surface area contributed by atoms with Crippen LogP contribution in [0.1, 0.15) is 11.4 Å². The molecule has 0 aliphatic carbocycles. The molecule has 0 aliphatic heterocycles. The Bertz CT molecular complexity index is 1130. The summed E-state index contributed by atoms with van der Waals surface area (Å²) < 4.78 is 63.4. The van der Waals surface area contributed by atoms with E-state index in [1.165, 1.54) is 48.5 Å². The van der Waals surface area contributed by atoms with Crippen LogP contribution in [0.15, 0.2) is 53.4 Å². The molecular weight excluding hydrogens is 381 g/mol. The normalized spacial score (nSPS) is 12.0. The summed E-state index contributed by atoms with van der Waals surface area (Å²) in [6.45, 7) is 0. The van der Waals surface area contributed by atoms with Gasteiger partial charge in [0.1, 0.15) is 0 Å². The number of benzene rings is 2. The molecule has 0 fully saturated rings. The highest BCUT2D eigenvalue weighted by Gasteiger charge is 2.37. The smallest absolute Gasteiger partial charge is 0.224 e. The van der Waals surface area contributed by atoms with Gasteiger partial charge in [-0.1, -0.05) is 0 Å². The Morgan fingerprint density at radius 2 is 1.63 bits per heavy atom. The molecule has 0 aliphatic rings. The van der Waals surface area contributed by atoms with Crippen LogP contribution in [0.3, 0.4) is 0 Å². The molecule has 3 aromatic rings. The average Bonchev–Trinajstić information content (AvgIpc) is 3.07. The third kappa shape index (κ3) is 3.83. The second kappa shape index (κ2) is 6.51. The van der Waals surface area contributed by atoms with Crippen molar-refractivity contribution in [3.8, 4) is 23.1 Å². The van der Waals surface area contributed by atoms with Crippen LogP contribution >= 0.6 is 0 Å². The highest BCUT2D eigenvalue weighted by atomic mass is 32.2. The summed E-state index contributed by atoms with van der Waals surface area (Å²) in [5.74, 6) is -1.41. The minimum atomic E-state index is -4.75. The summed E-state index contributed by atoms with van der Waals surface area (Å²) >= 11 is 0. The van der Waals surface area contributed by atoms with E-state index in [9.17, 15) is 21.6 Å². The van der Waals surface area contributed by atoms with Gasteiger partial charge in [0, 0.05) is 11.8 Å². The monoisotopic (exact) mass is 392 g/mol. The molecule has 3 rings (SSSR count). The van der Waals surface area contributed by atoms with E-state index in [2.05, 4.69) is 10.1 Å². The first-order valence-electron chi connectivity index (χ1n) is 7.45. The maximum atomic E-state index is 13.1. The van der Waals surface area contributed by atoms with E-state index >= 15 is 0 Å². The lowest BCUT2D eigenvalue weighted by atomic mass is 10.1. The first kappa shape index (κ1) is 18.6. The first-order chi connectivity index (χ1) is 12.6. The summed E-state index contributed by atoms with van der Waals surface area (Å²) in [7, 11) is -3.45. The highest BCUT2D eigenvalue weighted by molar-refractivity contribution is 7.90. The molecule has 0 saturated heterocycles. The van der Waals surface area contributed by atoms with Gasteiger partial charge in [-0.05, 0) is 48.5 Å². The van der Waals surface area contributed by atoms with Crippen LogP contribution < -0.4 is 0 Å². The van der Waals surface area contributed by atoms with Crippen molar-refractivity contribution in [2.24, 2.45) is 0 Å². The molecule has 0 atom stereocenters. The first-order valence-corrected chi connectivity index (χ1v) is 9.34. The molecule has 27 heavy (non-hydrogen) atoms. The quantitative estimate of drug-likeness (QED) is 0.683. The number of sulfone groups is 1. The molecule has 10 heteroatoms. The fourth-order valence-corrected chi connectivity index (χ4v) is 2.96. The van der Waals surface area contributed by atoms with Crippen molar-refractivity contribution in [2.45, 2.75) is 11.1 Å². The van der Waals surface area contributed by atoms with Gasteiger partial charge in [0.2, 0.25) is 0 Å². The van der Waals surface area contributed by atoms with Gasteiger partial charge < -0.3 is 0 Å². The number of hydrogen-bond acceptors (Lipinski definition) is 5. The van der Waals surface area contributed by atoms with Gasteiger partial charge >= 0.3 is 6.18 Å². The fraction of sp³-hybridized carbons (Fsp3) is 0.118. The van der Waals surface area contributed by atoms with Gasteiger partial charge in [0.25, 0.3) is 5.82 Å². The van der Waals surface area contributed by atoms with Gasteiger partial charge in [-0.2, -0.15) is 18.4 Å². The third-order valence-electron chi connectivity index (χ3n) is 3.64. The maximum absolute atomic E-state index is 13.1. The summed E-state index contributed by atoms with van der Waals surface area (Å²) in [6.07, 6.45) is -3.72. The molecule has 0 unspecified atom stereocenters. The summed E-state index contributed by atoms with van der Waals surface area (Å²) in [6, 6.07) is 13.0. The van der Waals surface area contributed by atoms with Crippen molar-refractivity contribution >= 4 is 9.84 Å². The molecule has 0 N–H and O–H groups in total. The van der Waals surface area contributed by atoms with E-state index in [1.54, 1.807) is 0 Å². The summed E-state index contributed by atoms with van der Waals surface area (Å²) in [4.78, 5) is 3.61.